The average molecular weight is 506 g/mol. The third-order valence-electron chi connectivity index (χ3n) is 5.24. The number of nitrogens with zero attached hydrogens (tertiary/aromatic N) is 1. The zero-order valence-corrected chi connectivity index (χ0v) is 20.6. The first kappa shape index (κ1) is 24.5. The van der Waals surface area contributed by atoms with Gasteiger partial charge in [0, 0.05) is 0 Å². The summed E-state index contributed by atoms with van der Waals surface area (Å²) in [6.45, 7) is 1.95. The Labute approximate surface area is 213 Å². The van der Waals surface area contributed by atoms with Gasteiger partial charge in [-0.1, -0.05) is 85.5 Å². The van der Waals surface area contributed by atoms with E-state index < -0.39 is 18.4 Å². The van der Waals surface area contributed by atoms with Crippen LogP contribution in [0.2, 0.25) is 0 Å². The lowest BCUT2D eigenvalue weighted by molar-refractivity contribution is -0.140. The largest absolute Gasteiger partial charge is 0.485 e. The number of carbonyl (C=O) groups excluding carboxylic acids is 1. The molecule has 0 saturated carbocycles. The maximum atomic E-state index is 12.7. The molecule has 1 aliphatic heterocycles. The van der Waals surface area contributed by atoms with Crippen LogP contribution in [0.5, 0.6) is 17.2 Å². The summed E-state index contributed by atoms with van der Waals surface area (Å²) in [4.78, 5) is 25.2. The molecule has 4 rings (SSSR count). The van der Waals surface area contributed by atoms with Crippen molar-refractivity contribution < 1.29 is 24.2 Å². The molecule has 0 atom stereocenters. The molecule has 6 nitrogen and oxygen atoms in total. The third kappa shape index (κ3) is 6.09. The van der Waals surface area contributed by atoms with E-state index in [1.54, 1.807) is 18.2 Å². The van der Waals surface area contributed by atoms with Gasteiger partial charge >= 0.3 is 5.97 Å². The van der Waals surface area contributed by atoms with Gasteiger partial charge in [-0.2, -0.15) is 0 Å². The minimum atomic E-state index is -1.12. The molecule has 1 heterocycles. The molecular weight excluding hydrogens is 482 g/mol. The number of carboxylic acids is 1. The van der Waals surface area contributed by atoms with Gasteiger partial charge in [0.1, 0.15) is 23.2 Å². The van der Waals surface area contributed by atoms with E-state index in [0.29, 0.717) is 28.6 Å². The fourth-order valence-electron chi connectivity index (χ4n) is 3.48. The molecule has 0 aromatic heterocycles. The fourth-order valence-corrected chi connectivity index (χ4v) is 4.74. The fraction of sp³-hybridized carbons (Fsp3) is 0.148. The van der Waals surface area contributed by atoms with Crippen molar-refractivity contribution in [3.05, 3.63) is 94.4 Å². The number of para-hydroxylation sites is 1. The smallest absolute Gasteiger partial charge is 0.323 e. The van der Waals surface area contributed by atoms with Gasteiger partial charge < -0.3 is 14.6 Å². The van der Waals surface area contributed by atoms with Crippen LogP contribution in [0.15, 0.2) is 77.7 Å². The normalized spacial score (nSPS) is 14.4. The highest BCUT2D eigenvalue weighted by Crippen LogP contribution is 2.37. The van der Waals surface area contributed by atoms with E-state index in [4.69, 9.17) is 26.8 Å². The maximum Gasteiger partial charge on any atom is 0.323 e. The molecule has 3 aromatic rings. The number of aliphatic carboxylic acids is 1. The van der Waals surface area contributed by atoms with Crippen molar-refractivity contribution in [3.8, 4) is 17.2 Å². The summed E-state index contributed by atoms with van der Waals surface area (Å²) >= 11 is 6.27. The highest BCUT2D eigenvalue weighted by molar-refractivity contribution is 8.26. The van der Waals surface area contributed by atoms with Gasteiger partial charge in [0.15, 0.2) is 11.5 Å². The van der Waals surface area contributed by atoms with Crippen molar-refractivity contribution in [1.29, 1.82) is 0 Å². The Morgan fingerprint density at radius 2 is 1.77 bits per heavy atom. The predicted molar refractivity (Wildman–Crippen MR) is 141 cm³/mol. The molecule has 0 aliphatic carbocycles. The number of aryl methyl sites for hydroxylation is 1. The minimum absolute atomic E-state index is 0.223. The zero-order valence-electron chi connectivity index (χ0n) is 19.0. The summed E-state index contributed by atoms with van der Waals surface area (Å²) < 4.78 is 12.6. The summed E-state index contributed by atoms with van der Waals surface area (Å²) in [6.07, 6.45) is 2.51. The van der Waals surface area contributed by atoms with Crippen LogP contribution in [-0.2, 0) is 22.6 Å². The van der Waals surface area contributed by atoms with Gasteiger partial charge in [0.2, 0.25) is 0 Å². The number of thiocarbonyl (C=S) groups is 1. The second kappa shape index (κ2) is 11.2. The molecule has 1 aliphatic rings. The number of hydrogen-bond donors (Lipinski definition) is 1. The average Bonchev–Trinajstić information content (AvgIpc) is 3.11. The molecule has 1 fully saturated rings. The summed E-state index contributed by atoms with van der Waals surface area (Å²) in [5, 5.41) is 9.05. The zero-order chi connectivity index (χ0) is 24.8. The lowest BCUT2D eigenvalue weighted by Gasteiger charge is -2.15. The van der Waals surface area contributed by atoms with Crippen molar-refractivity contribution >= 4 is 46.3 Å². The first-order valence-corrected chi connectivity index (χ1v) is 12.2. The Hall–Kier alpha value is -3.62. The van der Waals surface area contributed by atoms with E-state index in [0.717, 1.165) is 40.0 Å². The van der Waals surface area contributed by atoms with Gasteiger partial charge in [-0.15, -0.1) is 0 Å². The first-order valence-electron chi connectivity index (χ1n) is 11.0. The molecular formula is C27H23NO5S2. The number of carbonyl (C=O) groups is 2. The Kier molecular flexibility index (Phi) is 7.84. The third-order valence-corrected chi connectivity index (χ3v) is 6.62. The van der Waals surface area contributed by atoms with Crippen LogP contribution in [0, 0.1) is 0 Å². The minimum Gasteiger partial charge on any atom is -0.485 e. The Bertz CT molecular complexity index is 1290. The van der Waals surface area contributed by atoms with E-state index in [1.807, 2.05) is 60.7 Å². The molecule has 0 bridgehead atoms. The second-order valence-corrected chi connectivity index (χ2v) is 9.38. The van der Waals surface area contributed by atoms with Gasteiger partial charge in [-0.05, 0) is 47.4 Å². The van der Waals surface area contributed by atoms with Crippen LogP contribution >= 0.6 is 24.0 Å². The predicted octanol–water partition coefficient (Wildman–Crippen LogP) is 5.91. The van der Waals surface area contributed by atoms with Crippen LogP contribution in [0.25, 0.3) is 6.08 Å². The van der Waals surface area contributed by atoms with E-state index >= 15 is 0 Å². The van der Waals surface area contributed by atoms with E-state index in [9.17, 15) is 9.59 Å². The number of ether oxygens (including phenoxy) is 2. The monoisotopic (exact) mass is 505 g/mol. The Balaban J connectivity index is 1.64. The van der Waals surface area contributed by atoms with Crippen LogP contribution < -0.4 is 9.47 Å². The Morgan fingerprint density at radius 3 is 2.51 bits per heavy atom. The summed E-state index contributed by atoms with van der Waals surface area (Å²) in [6, 6.07) is 23.1. The number of benzene rings is 3. The van der Waals surface area contributed by atoms with Crippen molar-refractivity contribution in [2.75, 3.05) is 6.54 Å². The molecule has 0 radical (unpaired) electrons. The van der Waals surface area contributed by atoms with Crippen molar-refractivity contribution in [3.63, 3.8) is 0 Å². The van der Waals surface area contributed by atoms with Crippen molar-refractivity contribution in [1.82, 2.24) is 4.90 Å². The number of amides is 1. The molecule has 178 valence electrons. The van der Waals surface area contributed by atoms with Gasteiger partial charge in [0.25, 0.3) is 5.91 Å². The van der Waals surface area contributed by atoms with E-state index in [1.165, 1.54) is 0 Å². The molecule has 1 amide bonds. The number of carboxylic acid groups (broad SMARTS) is 1. The first-order chi connectivity index (χ1) is 16.9. The van der Waals surface area contributed by atoms with Gasteiger partial charge in [-0.25, -0.2) is 0 Å². The quantitative estimate of drug-likeness (QED) is 0.286. The number of thioether (sulfide) groups is 1. The lowest BCUT2D eigenvalue weighted by Crippen LogP contribution is -2.33. The number of rotatable bonds is 9. The molecule has 1 N–H and O–H groups in total. The molecule has 0 spiro atoms. The summed E-state index contributed by atoms with van der Waals surface area (Å²) in [5.41, 5.74) is 2.79. The Morgan fingerprint density at radius 1 is 1.03 bits per heavy atom. The van der Waals surface area contributed by atoms with Crippen LogP contribution in [0.1, 0.15) is 23.6 Å². The topological polar surface area (TPSA) is 76.1 Å². The standard InChI is InChI=1S/C27H23NO5S2/c1-2-20-10-6-7-11-21(20)33-22-13-12-19(14-23(22)32-17-18-8-4-3-5-9-18)15-24-26(31)28(16-25(29)30)27(34)35-24/h3-15H,2,16-17H2,1H3,(H,29,30). The molecule has 8 heteroatoms. The van der Waals surface area contributed by atoms with E-state index in [2.05, 4.69) is 6.92 Å². The van der Waals surface area contributed by atoms with E-state index in [-0.39, 0.29) is 4.32 Å². The molecule has 0 unspecified atom stereocenters. The lowest BCUT2D eigenvalue weighted by atomic mass is 10.1. The maximum absolute atomic E-state index is 12.7. The SMILES string of the molecule is CCc1ccccc1Oc1ccc(C=C2SC(=S)N(CC(=O)O)C2=O)cc1OCc1ccccc1. The van der Waals surface area contributed by atoms with Crippen LogP contribution in [0.4, 0.5) is 0 Å². The van der Waals surface area contributed by atoms with Gasteiger partial charge in [0.05, 0.1) is 4.91 Å². The second-order valence-electron chi connectivity index (χ2n) is 7.71. The molecule has 3 aromatic carbocycles. The summed E-state index contributed by atoms with van der Waals surface area (Å²) in [7, 11) is 0. The highest BCUT2D eigenvalue weighted by atomic mass is 32.2. The van der Waals surface area contributed by atoms with Crippen molar-refractivity contribution in [2.24, 2.45) is 0 Å². The highest BCUT2D eigenvalue weighted by Gasteiger charge is 2.33. The van der Waals surface area contributed by atoms with Crippen LogP contribution in [-0.4, -0.2) is 32.7 Å². The molecule has 35 heavy (non-hydrogen) atoms. The summed E-state index contributed by atoms with van der Waals surface area (Å²) in [5.74, 6) is 0.285. The molecule has 1 saturated heterocycles. The van der Waals surface area contributed by atoms with Crippen molar-refractivity contribution in [2.45, 2.75) is 20.0 Å². The van der Waals surface area contributed by atoms with Gasteiger partial charge in [-0.3, -0.25) is 14.5 Å². The number of hydrogen-bond acceptors (Lipinski definition) is 6. The van der Waals surface area contributed by atoms with Crippen LogP contribution in [0.3, 0.4) is 0 Å².